The SMILES string of the molecule is CCCOC(=O)c1c(NC(=O)CCn2nc(C)cc2C)sc(C(=O)N(C)C)c1C. The smallest absolute Gasteiger partial charge is 0.341 e. The molecule has 0 unspecified atom stereocenters. The van der Waals surface area contributed by atoms with Crippen LogP contribution >= 0.6 is 11.3 Å². The van der Waals surface area contributed by atoms with Gasteiger partial charge >= 0.3 is 5.97 Å². The number of nitrogens with one attached hydrogen (secondary N) is 1. The monoisotopic (exact) mass is 420 g/mol. The normalized spacial score (nSPS) is 10.7. The molecule has 0 spiro atoms. The summed E-state index contributed by atoms with van der Waals surface area (Å²) in [4.78, 5) is 39.4. The molecule has 158 valence electrons. The number of anilines is 1. The number of esters is 1. The fraction of sp³-hybridized carbons (Fsp3) is 0.500. The number of carbonyl (C=O) groups excluding carboxylic acids is 3. The van der Waals surface area contributed by atoms with Crippen molar-refractivity contribution in [2.45, 2.75) is 47.1 Å². The molecule has 2 rings (SSSR count). The van der Waals surface area contributed by atoms with Crippen LogP contribution in [0.15, 0.2) is 6.07 Å². The zero-order valence-corrected chi connectivity index (χ0v) is 18.6. The van der Waals surface area contributed by atoms with Gasteiger partial charge in [0.2, 0.25) is 5.91 Å². The molecule has 8 nitrogen and oxygen atoms in total. The highest BCUT2D eigenvalue weighted by Gasteiger charge is 2.27. The summed E-state index contributed by atoms with van der Waals surface area (Å²) in [5.41, 5.74) is 2.63. The summed E-state index contributed by atoms with van der Waals surface area (Å²) in [6.07, 6.45) is 0.877. The molecule has 0 aromatic carbocycles. The van der Waals surface area contributed by atoms with Crippen molar-refractivity contribution < 1.29 is 19.1 Å². The van der Waals surface area contributed by atoms with Gasteiger partial charge in [-0.3, -0.25) is 14.3 Å². The predicted octanol–water partition coefficient (Wildman–Crippen LogP) is 3.17. The van der Waals surface area contributed by atoms with E-state index in [9.17, 15) is 14.4 Å². The van der Waals surface area contributed by atoms with Gasteiger partial charge in [0.05, 0.1) is 22.7 Å². The second kappa shape index (κ2) is 9.69. The summed E-state index contributed by atoms with van der Waals surface area (Å²) in [6.45, 7) is 8.13. The van der Waals surface area contributed by atoms with Crippen molar-refractivity contribution in [3.63, 3.8) is 0 Å². The fourth-order valence-corrected chi connectivity index (χ4v) is 4.05. The minimum atomic E-state index is -0.535. The minimum Gasteiger partial charge on any atom is -0.462 e. The van der Waals surface area contributed by atoms with Gasteiger partial charge in [-0.05, 0) is 38.8 Å². The lowest BCUT2D eigenvalue weighted by Crippen LogP contribution is -2.21. The maximum Gasteiger partial charge on any atom is 0.341 e. The van der Waals surface area contributed by atoms with Crippen LogP contribution in [0.5, 0.6) is 0 Å². The van der Waals surface area contributed by atoms with Gasteiger partial charge in [0, 0.05) is 32.8 Å². The first-order valence-electron chi connectivity index (χ1n) is 9.48. The van der Waals surface area contributed by atoms with Crippen LogP contribution in [0.25, 0.3) is 0 Å². The van der Waals surface area contributed by atoms with Crippen molar-refractivity contribution in [1.82, 2.24) is 14.7 Å². The van der Waals surface area contributed by atoms with E-state index in [2.05, 4.69) is 10.4 Å². The average Bonchev–Trinajstić information content (AvgIpc) is 3.15. The van der Waals surface area contributed by atoms with E-state index in [0.717, 1.165) is 22.7 Å². The standard InChI is InChI=1S/C20H28N4O4S/c1-7-10-28-20(27)16-14(4)17(19(26)23(5)6)29-18(16)21-15(25)8-9-24-13(3)11-12(2)22-24/h11H,7-10H2,1-6H3,(H,21,25). The maximum absolute atomic E-state index is 12.6. The van der Waals surface area contributed by atoms with Crippen molar-refractivity contribution >= 4 is 34.1 Å². The Hall–Kier alpha value is -2.68. The molecule has 0 saturated carbocycles. The van der Waals surface area contributed by atoms with Crippen LogP contribution in [0.3, 0.4) is 0 Å². The first-order valence-corrected chi connectivity index (χ1v) is 10.3. The molecule has 2 aromatic rings. The average molecular weight is 421 g/mol. The van der Waals surface area contributed by atoms with Crippen LogP contribution < -0.4 is 5.32 Å². The lowest BCUT2D eigenvalue weighted by atomic mass is 10.1. The molecule has 2 aromatic heterocycles. The Bertz CT molecular complexity index is 914. The van der Waals surface area contributed by atoms with Crippen molar-refractivity contribution in [2.24, 2.45) is 0 Å². The Balaban J connectivity index is 2.23. The molecular weight excluding hydrogens is 392 g/mol. The molecule has 29 heavy (non-hydrogen) atoms. The zero-order chi connectivity index (χ0) is 21.7. The van der Waals surface area contributed by atoms with E-state index in [1.165, 1.54) is 4.90 Å². The Morgan fingerprint density at radius 3 is 2.48 bits per heavy atom. The molecular formula is C20H28N4O4S. The van der Waals surface area contributed by atoms with Gasteiger partial charge in [0.25, 0.3) is 5.91 Å². The summed E-state index contributed by atoms with van der Waals surface area (Å²) < 4.78 is 7.03. The van der Waals surface area contributed by atoms with Crippen LogP contribution in [0, 0.1) is 20.8 Å². The Labute approximate surface area is 174 Å². The second-order valence-electron chi connectivity index (χ2n) is 7.04. The number of rotatable bonds is 8. The number of carbonyl (C=O) groups is 3. The number of amides is 2. The molecule has 0 aliphatic heterocycles. The molecule has 0 bridgehead atoms. The van der Waals surface area contributed by atoms with Gasteiger partial charge in [0.15, 0.2) is 0 Å². The van der Waals surface area contributed by atoms with Gasteiger partial charge in [0.1, 0.15) is 5.00 Å². The van der Waals surface area contributed by atoms with Gasteiger partial charge in [-0.2, -0.15) is 5.10 Å². The quantitative estimate of drug-likeness (QED) is 0.662. The number of ether oxygens (including phenoxy) is 1. The Morgan fingerprint density at radius 1 is 1.24 bits per heavy atom. The first-order chi connectivity index (χ1) is 13.6. The molecule has 0 aliphatic carbocycles. The lowest BCUT2D eigenvalue weighted by molar-refractivity contribution is -0.116. The van der Waals surface area contributed by atoms with Gasteiger partial charge in [-0.25, -0.2) is 4.79 Å². The predicted molar refractivity (Wildman–Crippen MR) is 113 cm³/mol. The molecule has 0 fully saturated rings. The second-order valence-corrected chi connectivity index (χ2v) is 8.06. The zero-order valence-electron chi connectivity index (χ0n) is 17.8. The molecule has 0 saturated heterocycles. The highest BCUT2D eigenvalue weighted by atomic mass is 32.1. The highest BCUT2D eigenvalue weighted by molar-refractivity contribution is 7.18. The van der Waals surface area contributed by atoms with Crippen LogP contribution in [0.1, 0.15) is 56.7 Å². The summed E-state index contributed by atoms with van der Waals surface area (Å²) in [5, 5.41) is 7.47. The largest absolute Gasteiger partial charge is 0.462 e. The molecule has 1 N–H and O–H groups in total. The van der Waals surface area contributed by atoms with Crippen LogP contribution in [-0.2, 0) is 16.1 Å². The van der Waals surface area contributed by atoms with Crippen LogP contribution in [0.4, 0.5) is 5.00 Å². The first kappa shape index (κ1) is 22.6. The molecule has 9 heteroatoms. The van der Waals surface area contributed by atoms with E-state index in [-0.39, 0.29) is 30.4 Å². The van der Waals surface area contributed by atoms with E-state index < -0.39 is 5.97 Å². The van der Waals surface area contributed by atoms with E-state index in [1.54, 1.807) is 25.7 Å². The lowest BCUT2D eigenvalue weighted by Gasteiger charge is -2.09. The number of hydrogen-bond acceptors (Lipinski definition) is 6. The van der Waals surface area contributed by atoms with Crippen molar-refractivity contribution in [1.29, 1.82) is 0 Å². The third kappa shape index (κ3) is 5.44. The summed E-state index contributed by atoms with van der Waals surface area (Å²) >= 11 is 1.10. The van der Waals surface area contributed by atoms with E-state index in [1.807, 2.05) is 26.8 Å². The minimum absolute atomic E-state index is 0.194. The van der Waals surface area contributed by atoms with Crippen molar-refractivity contribution in [3.05, 3.63) is 33.5 Å². The third-order valence-electron chi connectivity index (χ3n) is 4.30. The summed E-state index contributed by atoms with van der Waals surface area (Å²) in [7, 11) is 3.28. The van der Waals surface area contributed by atoms with Crippen molar-refractivity contribution in [3.8, 4) is 0 Å². The number of aromatic nitrogens is 2. The van der Waals surface area contributed by atoms with Crippen molar-refractivity contribution in [2.75, 3.05) is 26.0 Å². The molecule has 0 aliphatic rings. The molecule has 2 heterocycles. The molecule has 0 radical (unpaired) electrons. The Morgan fingerprint density at radius 2 is 1.93 bits per heavy atom. The van der Waals surface area contributed by atoms with Gasteiger partial charge < -0.3 is 15.0 Å². The van der Waals surface area contributed by atoms with E-state index in [0.29, 0.717) is 28.4 Å². The van der Waals surface area contributed by atoms with Gasteiger partial charge in [-0.1, -0.05) is 6.92 Å². The third-order valence-corrected chi connectivity index (χ3v) is 5.49. The van der Waals surface area contributed by atoms with Crippen LogP contribution in [-0.4, -0.2) is 53.2 Å². The van der Waals surface area contributed by atoms with Crippen LogP contribution in [0.2, 0.25) is 0 Å². The number of nitrogens with zero attached hydrogens (tertiary/aromatic N) is 3. The number of aryl methyl sites for hydroxylation is 3. The van der Waals surface area contributed by atoms with E-state index >= 15 is 0 Å². The Kier molecular flexibility index (Phi) is 7.55. The highest BCUT2D eigenvalue weighted by Crippen LogP contribution is 2.34. The molecule has 0 atom stereocenters. The summed E-state index contributed by atoms with van der Waals surface area (Å²) in [5.74, 6) is -1.01. The van der Waals surface area contributed by atoms with Gasteiger partial charge in [-0.15, -0.1) is 11.3 Å². The number of hydrogen-bond donors (Lipinski definition) is 1. The summed E-state index contributed by atoms with van der Waals surface area (Å²) in [6, 6.07) is 1.95. The number of thiophene rings is 1. The van der Waals surface area contributed by atoms with E-state index in [4.69, 9.17) is 4.74 Å². The topological polar surface area (TPSA) is 93.5 Å². The maximum atomic E-state index is 12.6. The fourth-order valence-electron chi connectivity index (χ4n) is 2.82. The molecule has 2 amide bonds.